The smallest absolute Gasteiger partial charge is 0.475 e. The van der Waals surface area contributed by atoms with Gasteiger partial charge in [-0.15, -0.1) is 0 Å². The van der Waals surface area contributed by atoms with Gasteiger partial charge in [-0.25, -0.2) is 17.9 Å². The van der Waals surface area contributed by atoms with Crippen LogP contribution in [0.4, 0.5) is 30.2 Å². The lowest BCUT2D eigenvalue weighted by Gasteiger charge is -2.26. The highest BCUT2D eigenvalue weighted by atomic mass is 32.2. The average Bonchev–Trinajstić information content (AvgIpc) is 3.02. The van der Waals surface area contributed by atoms with Crippen LogP contribution in [0.25, 0.3) is 0 Å². The second-order valence-electron chi connectivity index (χ2n) is 9.90. The Bertz CT molecular complexity index is 1660. The molecule has 0 saturated carbocycles. The Morgan fingerprint density at radius 2 is 1.52 bits per heavy atom. The van der Waals surface area contributed by atoms with E-state index >= 15 is 0 Å². The first-order valence-electron chi connectivity index (χ1n) is 13.8. The van der Waals surface area contributed by atoms with Crippen LogP contribution in [0, 0.1) is 10.1 Å². The summed E-state index contributed by atoms with van der Waals surface area (Å²) in [5, 5.41) is 24.5. The van der Waals surface area contributed by atoms with Crippen molar-refractivity contribution in [2.24, 2.45) is 0 Å². The van der Waals surface area contributed by atoms with Gasteiger partial charge in [-0.2, -0.15) is 13.2 Å². The number of aliphatic carboxylic acids is 1. The second-order valence-corrected chi connectivity index (χ2v) is 11.6. The SMILES string of the molecule is O=C(Nc1cccc(C(=O)NS(=O)(=O)c2ccccc2)c1)c1ccc(NCCN2CCCCC2)c([N+](=O)[O-])c1.O=C(O)C(F)(F)F. The van der Waals surface area contributed by atoms with Gasteiger partial charge in [0.05, 0.1) is 9.82 Å². The van der Waals surface area contributed by atoms with Gasteiger partial charge in [-0.1, -0.05) is 30.7 Å². The van der Waals surface area contributed by atoms with Gasteiger partial charge in [0.15, 0.2) is 0 Å². The predicted octanol–water partition coefficient (Wildman–Crippen LogP) is 4.50. The molecule has 4 rings (SSSR count). The van der Waals surface area contributed by atoms with Gasteiger partial charge >= 0.3 is 12.1 Å². The molecule has 1 fully saturated rings. The van der Waals surface area contributed by atoms with Crippen molar-refractivity contribution in [1.82, 2.24) is 9.62 Å². The number of amides is 2. The quantitative estimate of drug-likeness (QED) is 0.177. The number of anilines is 2. The van der Waals surface area contributed by atoms with E-state index in [-0.39, 0.29) is 27.4 Å². The Hall–Kier alpha value is -5.03. The van der Waals surface area contributed by atoms with Crippen molar-refractivity contribution in [2.45, 2.75) is 30.3 Å². The maximum Gasteiger partial charge on any atom is 0.490 e. The minimum absolute atomic E-state index is 0.00606. The number of carbonyl (C=O) groups excluding carboxylic acids is 2. The molecule has 2 amide bonds. The van der Waals surface area contributed by atoms with Gasteiger partial charge in [-0.05, 0) is 68.4 Å². The number of hydrogen-bond donors (Lipinski definition) is 4. The number of carboxylic acid groups (broad SMARTS) is 1. The van der Waals surface area contributed by atoms with E-state index in [1.165, 1.54) is 73.2 Å². The normalized spacial score (nSPS) is 13.5. The summed E-state index contributed by atoms with van der Waals surface area (Å²) in [7, 11) is -4.08. The monoisotopic (exact) mass is 665 g/mol. The molecule has 1 aliphatic heterocycles. The van der Waals surface area contributed by atoms with Crippen molar-refractivity contribution in [1.29, 1.82) is 0 Å². The first-order valence-corrected chi connectivity index (χ1v) is 15.2. The van der Waals surface area contributed by atoms with Crippen LogP contribution in [0.15, 0.2) is 77.7 Å². The molecule has 4 N–H and O–H groups in total. The molecule has 46 heavy (non-hydrogen) atoms. The molecule has 0 radical (unpaired) electrons. The van der Waals surface area contributed by atoms with Crippen molar-refractivity contribution < 1.29 is 46.0 Å². The molecule has 1 heterocycles. The van der Waals surface area contributed by atoms with Crippen LogP contribution in [0.2, 0.25) is 0 Å². The number of likely N-dealkylation sites (tertiary alicyclic amines) is 1. The van der Waals surface area contributed by atoms with Crippen molar-refractivity contribution in [2.75, 3.05) is 36.8 Å². The molecule has 0 aromatic heterocycles. The number of nitrogens with one attached hydrogen (secondary N) is 3. The summed E-state index contributed by atoms with van der Waals surface area (Å²) >= 11 is 0. The number of hydrogen-bond acceptors (Lipinski definition) is 9. The average molecular weight is 666 g/mol. The third-order valence-corrected chi connectivity index (χ3v) is 7.90. The standard InChI is InChI=1S/C27H29N5O6S.C2HF3O2/c33-26(21-12-13-24(25(19-21)32(35)36)28-14-17-31-15-5-2-6-16-31)29-22-9-7-8-20(18-22)27(34)30-39(37,38)23-10-3-1-4-11-23;3-2(4,5)1(6)7/h1,3-4,7-13,18-19,28H,2,5-6,14-17H2,(H,29,33)(H,30,34);(H,6,7). The third kappa shape index (κ3) is 10.6. The van der Waals surface area contributed by atoms with Gasteiger partial charge < -0.3 is 20.6 Å². The number of halogens is 3. The summed E-state index contributed by atoms with van der Waals surface area (Å²) in [5.74, 6) is -4.24. The Labute approximate surface area is 261 Å². The second kappa shape index (κ2) is 15.8. The fourth-order valence-electron chi connectivity index (χ4n) is 4.29. The van der Waals surface area contributed by atoms with E-state index in [9.17, 15) is 41.3 Å². The van der Waals surface area contributed by atoms with E-state index in [1.54, 1.807) is 6.07 Å². The summed E-state index contributed by atoms with van der Waals surface area (Å²) in [6.45, 7) is 3.36. The number of benzene rings is 3. The molecule has 1 aliphatic rings. The summed E-state index contributed by atoms with van der Waals surface area (Å²) in [6.07, 6.45) is -1.54. The molecule has 3 aromatic carbocycles. The van der Waals surface area contributed by atoms with Crippen LogP contribution < -0.4 is 15.4 Å². The van der Waals surface area contributed by atoms with Gasteiger partial charge in [0.1, 0.15) is 5.69 Å². The number of nitrogens with zero attached hydrogens (tertiary/aromatic N) is 2. The summed E-state index contributed by atoms with van der Waals surface area (Å²) < 4.78 is 58.7. The predicted molar refractivity (Wildman–Crippen MR) is 161 cm³/mol. The molecule has 0 unspecified atom stereocenters. The number of nitro groups is 1. The topological polar surface area (TPSA) is 188 Å². The lowest BCUT2D eigenvalue weighted by Crippen LogP contribution is -2.33. The van der Waals surface area contributed by atoms with Gasteiger partial charge in [0.2, 0.25) is 0 Å². The van der Waals surface area contributed by atoms with E-state index in [0.29, 0.717) is 12.2 Å². The number of alkyl halides is 3. The maximum absolute atomic E-state index is 12.9. The highest BCUT2D eigenvalue weighted by Gasteiger charge is 2.38. The summed E-state index contributed by atoms with van der Waals surface area (Å²) in [6, 6.07) is 17.4. The number of rotatable bonds is 10. The van der Waals surface area contributed by atoms with Crippen molar-refractivity contribution >= 4 is 44.9 Å². The van der Waals surface area contributed by atoms with Crippen LogP contribution in [0.3, 0.4) is 0 Å². The van der Waals surface area contributed by atoms with Crippen molar-refractivity contribution in [3.05, 3.63) is 94.0 Å². The van der Waals surface area contributed by atoms with Crippen LogP contribution in [0.5, 0.6) is 0 Å². The molecule has 0 spiro atoms. The fraction of sp³-hybridized carbons (Fsp3) is 0.276. The maximum atomic E-state index is 12.9. The van der Waals surface area contributed by atoms with E-state index in [1.807, 2.05) is 4.72 Å². The Balaban J connectivity index is 0.000000738. The molecular weight excluding hydrogens is 635 g/mol. The number of sulfonamides is 1. The molecule has 13 nitrogen and oxygen atoms in total. The van der Waals surface area contributed by atoms with Crippen LogP contribution in [0.1, 0.15) is 40.0 Å². The number of carboxylic acids is 1. The Morgan fingerprint density at radius 3 is 2.13 bits per heavy atom. The largest absolute Gasteiger partial charge is 0.490 e. The van der Waals surface area contributed by atoms with Gasteiger partial charge in [0, 0.05) is 36.0 Å². The summed E-state index contributed by atoms with van der Waals surface area (Å²) in [5.41, 5.74) is 0.389. The molecular formula is C29H30F3N5O8S. The Morgan fingerprint density at radius 1 is 0.891 bits per heavy atom. The molecule has 1 saturated heterocycles. The highest BCUT2D eigenvalue weighted by molar-refractivity contribution is 7.90. The molecule has 3 aromatic rings. The van der Waals surface area contributed by atoms with Crippen LogP contribution in [-0.2, 0) is 14.8 Å². The van der Waals surface area contributed by atoms with Crippen molar-refractivity contribution in [3.63, 3.8) is 0 Å². The molecule has 0 aliphatic carbocycles. The van der Waals surface area contributed by atoms with E-state index in [4.69, 9.17) is 9.90 Å². The number of piperidine rings is 1. The zero-order valence-corrected chi connectivity index (χ0v) is 24.9. The molecule has 0 bridgehead atoms. The van der Waals surface area contributed by atoms with Crippen LogP contribution in [-0.4, -0.2) is 73.5 Å². The zero-order chi connectivity index (χ0) is 33.9. The Kier molecular flexibility index (Phi) is 12.2. The lowest BCUT2D eigenvalue weighted by atomic mass is 10.1. The zero-order valence-electron chi connectivity index (χ0n) is 24.1. The molecule has 17 heteroatoms. The van der Waals surface area contributed by atoms with Crippen LogP contribution >= 0.6 is 0 Å². The molecule has 0 atom stereocenters. The minimum atomic E-state index is -5.08. The third-order valence-electron chi connectivity index (χ3n) is 6.55. The van der Waals surface area contributed by atoms with E-state index in [0.717, 1.165) is 32.5 Å². The summed E-state index contributed by atoms with van der Waals surface area (Å²) in [4.78, 5) is 47.7. The van der Waals surface area contributed by atoms with E-state index in [2.05, 4.69) is 15.5 Å². The fourth-order valence-corrected chi connectivity index (χ4v) is 5.28. The lowest BCUT2D eigenvalue weighted by molar-refractivity contribution is -0.384. The van der Waals surface area contributed by atoms with E-state index < -0.39 is 38.9 Å². The first-order chi connectivity index (χ1) is 21.7. The van der Waals surface area contributed by atoms with Crippen molar-refractivity contribution in [3.8, 4) is 0 Å². The van der Waals surface area contributed by atoms with Gasteiger partial charge in [0.25, 0.3) is 27.5 Å². The minimum Gasteiger partial charge on any atom is -0.475 e. The highest BCUT2D eigenvalue weighted by Crippen LogP contribution is 2.26. The van der Waals surface area contributed by atoms with Gasteiger partial charge in [-0.3, -0.25) is 19.7 Å². The molecule has 246 valence electrons. The number of nitro benzene ring substituents is 1. The first kappa shape index (κ1) is 35.4. The number of carbonyl (C=O) groups is 3.